The van der Waals surface area contributed by atoms with Gasteiger partial charge in [-0.05, 0) is 53.2 Å². The average Bonchev–Trinajstić information content (AvgIpc) is 2.78. The van der Waals surface area contributed by atoms with Crippen LogP contribution in [0, 0.1) is 5.82 Å². The Balaban J connectivity index is 2.22. The van der Waals surface area contributed by atoms with Crippen molar-refractivity contribution in [2.75, 3.05) is 5.32 Å². The van der Waals surface area contributed by atoms with Crippen molar-refractivity contribution in [3.05, 3.63) is 52.1 Å². The topological polar surface area (TPSA) is 62.5 Å². The Kier molecular flexibility index (Phi) is 3.90. The third-order valence-corrected chi connectivity index (χ3v) is 3.03. The maximum absolute atomic E-state index is 13.6. The standard InChI is InChI=1S/C13H11BrFNO3/c1-7(11-4-5-12(14)19-11)16-10-6-8(13(17)18)2-3-9(10)15/h2-7,16H,1H3,(H,17,18). The van der Waals surface area contributed by atoms with Crippen molar-refractivity contribution >= 4 is 27.6 Å². The van der Waals surface area contributed by atoms with E-state index in [0.29, 0.717) is 10.4 Å². The van der Waals surface area contributed by atoms with Gasteiger partial charge in [-0.2, -0.15) is 0 Å². The molecule has 1 unspecified atom stereocenters. The number of benzene rings is 1. The Morgan fingerprint density at radius 2 is 2.16 bits per heavy atom. The Labute approximate surface area is 117 Å². The molecule has 0 aliphatic carbocycles. The van der Waals surface area contributed by atoms with Crippen LogP contribution < -0.4 is 5.32 Å². The van der Waals surface area contributed by atoms with Crippen molar-refractivity contribution in [3.8, 4) is 0 Å². The van der Waals surface area contributed by atoms with Crippen LogP contribution in [0.2, 0.25) is 0 Å². The minimum Gasteiger partial charge on any atom is -0.478 e. The van der Waals surface area contributed by atoms with Crippen molar-refractivity contribution in [1.82, 2.24) is 0 Å². The van der Waals surface area contributed by atoms with Crippen LogP contribution in [0.15, 0.2) is 39.4 Å². The van der Waals surface area contributed by atoms with Crippen molar-refractivity contribution < 1.29 is 18.7 Å². The zero-order chi connectivity index (χ0) is 14.0. The van der Waals surface area contributed by atoms with Gasteiger partial charge in [-0.3, -0.25) is 0 Å². The minimum absolute atomic E-state index is 0.0247. The first kappa shape index (κ1) is 13.6. The number of furan rings is 1. The van der Waals surface area contributed by atoms with E-state index >= 15 is 0 Å². The number of hydrogen-bond donors (Lipinski definition) is 2. The minimum atomic E-state index is -1.10. The van der Waals surface area contributed by atoms with E-state index in [-0.39, 0.29) is 17.3 Å². The van der Waals surface area contributed by atoms with Gasteiger partial charge in [-0.15, -0.1) is 0 Å². The van der Waals surface area contributed by atoms with E-state index in [1.807, 2.05) is 0 Å². The maximum atomic E-state index is 13.6. The summed E-state index contributed by atoms with van der Waals surface area (Å²) in [4.78, 5) is 10.8. The molecule has 0 saturated carbocycles. The number of aromatic carboxylic acids is 1. The predicted molar refractivity (Wildman–Crippen MR) is 71.8 cm³/mol. The first-order valence-corrected chi connectivity index (χ1v) is 6.31. The van der Waals surface area contributed by atoms with E-state index in [4.69, 9.17) is 9.52 Å². The summed E-state index contributed by atoms with van der Waals surface area (Å²) in [7, 11) is 0. The third kappa shape index (κ3) is 3.14. The Morgan fingerprint density at radius 1 is 1.42 bits per heavy atom. The molecule has 4 nitrogen and oxygen atoms in total. The first-order chi connectivity index (χ1) is 8.97. The molecule has 100 valence electrons. The van der Waals surface area contributed by atoms with Gasteiger partial charge in [0.25, 0.3) is 0 Å². The molecule has 2 N–H and O–H groups in total. The summed E-state index contributed by atoms with van der Waals surface area (Å²) >= 11 is 3.18. The summed E-state index contributed by atoms with van der Waals surface area (Å²) in [6, 6.07) is 6.79. The smallest absolute Gasteiger partial charge is 0.335 e. The number of rotatable bonds is 4. The molecule has 0 radical (unpaired) electrons. The van der Waals surface area contributed by atoms with E-state index in [0.717, 1.165) is 6.07 Å². The van der Waals surface area contributed by atoms with E-state index in [2.05, 4.69) is 21.2 Å². The second-order valence-electron chi connectivity index (χ2n) is 4.01. The molecule has 0 spiro atoms. The first-order valence-electron chi connectivity index (χ1n) is 5.52. The fourth-order valence-corrected chi connectivity index (χ4v) is 1.95. The molecule has 2 rings (SSSR count). The molecule has 0 aliphatic heterocycles. The van der Waals surface area contributed by atoms with Crippen molar-refractivity contribution in [3.63, 3.8) is 0 Å². The molecule has 2 aromatic rings. The van der Waals surface area contributed by atoms with Gasteiger partial charge in [0.1, 0.15) is 11.6 Å². The van der Waals surface area contributed by atoms with Crippen LogP contribution in [0.1, 0.15) is 29.1 Å². The van der Waals surface area contributed by atoms with Gasteiger partial charge >= 0.3 is 5.97 Å². The molecular formula is C13H11BrFNO3. The van der Waals surface area contributed by atoms with Gasteiger partial charge in [0.15, 0.2) is 4.67 Å². The molecule has 19 heavy (non-hydrogen) atoms. The molecule has 1 atom stereocenters. The fourth-order valence-electron chi connectivity index (χ4n) is 1.63. The Hall–Kier alpha value is -1.82. The lowest BCUT2D eigenvalue weighted by atomic mass is 10.1. The maximum Gasteiger partial charge on any atom is 0.335 e. The lowest BCUT2D eigenvalue weighted by Gasteiger charge is -2.14. The van der Waals surface area contributed by atoms with E-state index in [1.165, 1.54) is 12.1 Å². The molecule has 0 aliphatic rings. The molecular weight excluding hydrogens is 317 g/mol. The molecule has 0 bridgehead atoms. The quantitative estimate of drug-likeness (QED) is 0.889. The van der Waals surface area contributed by atoms with Gasteiger partial charge in [0.05, 0.1) is 17.3 Å². The molecule has 0 saturated heterocycles. The van der Waals surface area contributed by atoms with Crippen LogP contribution in [0.3, 0.4) is 0 Å². The number of anilines is 1. The average molecular weight is 328 g/mol. The number of halogens is 2. The number of carboxylic acid groups (broad SMARTS) is 1. The molecule has 0 fully saturated rings. The zero-order valence-corrected chi connectivity index (χ0v) is 11.6. The summed E-state index contributed by atoms with van der Waals surface area (Å²) in [6.45, 7) is 1.79. The molecule has 0 amide bonds. The van der Waals surface area contributed by atoms with Crippen molar-refractivity contribution in [1.29, 1.82) is 0 Å². The van der Waals surface area contributed by atoms with Crippen LogP contribution in [0.5, 0.6) is 0 Å². The summed E-state index contributed by atoms with van der Waals surface area (Å²) in [5.41, 5.74) is 0.150. The van der Waals surface area contributed by atoms with Gasteiger partial charge in [-0.1, -0.05) is 0 Å². The summed E-state index contributed by atoms with van der Waals surface area (Å²) in [5, 5.41) is 11.8. The second-order valence-corrected chi connectivity index (χ2v) is 4.79. The number of carbonyl (C=O) groups is 1. The second kappa shape index (κ2) is 5.44. The molecule has 1 heterocycles. The van der Waals surface area contributed by atoms with Crippen molar-refractivity contribution in [2.24, 2.45) is 0 Å². The van der Waals surface area contributed by atoms with E-state index in [9.17, 15) is 9.18 Å². The summed E-state index contributed by atoms with van der Waals surface area (Å²) < 4.78 is 19.5. The van der Waals surface area contributed by atoms with Gasteiger partial charge in [0.2, 0.25) is 0 Å². The normalized spacial score (nSPS) is 12.2. The largest absolute Gasteiger partial charge is 0.478 e. The van der Waals surface area contributed by atoms with Crippen LogP contribution in [-0.4, -0.2) is 11.1 Å². The third-order valence-electron chi connectivity index (χ3n) is 2.61. The highest BCUT2D eigenvalue weighted by Gasteiger charge is 2.14. The van der Waals surface area contributed by atoms with Gasteiger partial charge in [0, 0.05) is 0 Å². The number of nitrogens with one attached hydrogen (secondary N) is 1. The molecule has 1 aromatic carbocycles. The fraction of sp³-hybridized carbons (Fsp3) is 0.154. The van der Waals surface area contributed by atoms with Gasteiger partial charge in [-0.25, -0.2) is 9.18 Å². The predicted octanol–water partition coefficient (Wildman–Crippen LogP) is 4.05. The number of hydrogen-bond acceptors (Lipinski definition) is 3. The molecule has 1 aromatic heterocycles. The Bertz CT molecular complexity index is 612. The SMILES string of the molecule is CC(Nc1cc(C(=O)O)ccc1F)c1ccc(Br)o1. The lowest BCUT2D eigenvalue weighted by Crippen LogP contribution is -2.08. The highest BCUT2D eigenvalue weighted by Crippen LogP contribution is 2.25. The van der Waals surface area contributed by atoms with Crippen LogP contribution >= 0.6 is 15.9 Å². The number of carboxylic acids is 1. The van der Waals surface area contributed by atoms with Crippen LogP contribution in [-0.2, 0) is 0 Å². The monoisotopic (exact) mass is 327 g/mol. The highest BCUT2D eigenvalue weighted by molar-refractivity contribution is 9.10. The van der Waals surface area contributed by atoms with Crippen LogP contribution in [0.4, 0.5) is 10.1 Å². The van der Waals surface area contributed by atoms with Gasteiger partial charge < -0.3 is 14.8 Å². The molecule has 6 heteroatoms. The summed E-state index contributed by atoms with van der Waals surface area (Å²) in [5.74, 6) is -0.995. The van der Waals surface area contributed by atoms with Crippen LogP contribution in [0.25, 0.3) is 0 Å². The zero-order valence-electron chi connectivity index (χ0n) is 9.98. The summed E-state index contributed by atoms with van der Waals surface area (Å²) in [6.07, 6.45) is 0. The lowest BCUT2D eigenvalue weighted by molar-refractivity contribution is 0.0697. The highest BCUT2D eigenvalue weighted by atomic mass is 79.9. The van der Waals surface area contributed by atoms with Crippen molar-refractivity contribution in [2.45, 2.75) is 13.0 Å². The van der Waals surface area contributed by atoms with E-state index < -0.39 is 11.8 Å². The van der Waals surface area contributed by atoms with E-state index in [1.54, 1.807) is 19.1 Å². The Morgan fingerprint density at radius 3 is 2.74 bits per heavy atom.